The summed E-state index contributed by atoms with van der Waals surface area (Å²) in [4.78, 5) is 34.8. The largest absolute Gasteiger partial charge is 1.00 e. The van der Waals surface area contributed by atoms with Gasteiger partial charge in [0.15, 0.2) is 5.60 Å². The van der Waals surface area contributed by atoms with Crippen LogP contribution < -0.4 is 69.3 Å². The van der Waals surface area contributed by atoms with Gasteiger partial charge in [-0.15, -0.1) is 0 Å². The Hall–Kier alpha value is -0.450. The van der Waals surface area contributed by atoms with Crippen LogP contribution in [-0.4, -0.2) is 51.6 Å². The first-order valence-electron chi connectivity index (χ1n) is 7.21. The molecule has 1 amide bonds. The van der Waals surface area contributed by atoms with Crippen molar-refractivity contribution in [3.8, 4) is 0 Å². The number of nitrogens with zero attached hydrogens (tertiary/aromatic N) is 1. The molecule has 0 aliphatic rings. The Morgan fingerprint density at radius 2 is 1.50 bits per heavy atom. The number of carbonyl (C=O) groups excluding carboxylic acids is 3. The Kier molecular flexibility index (Phi) is 12.9. The number of benzene rings is 1. The van der Waals surface area contributed by atoms with Crippen LogP contribution in [0.1, 0.15) is 31.4 Å². The van der Waals surface area contributed by atoms with Gasteiger partial charge in [0.05, 0.1) is 12.1 Å². The van der Waals surface area contributed by atoms with Gasteiger partial charge in [0.1, 0.15) is 0 Å². The number of carbonyl (C=O) groups is 3. The van der Waals surface area contributed by atoms with Gasteiger partial charge >= 0.3 is 59.1 Å². The van der Waals surface area contributed by atoms with E-state index in [1.807, 2.05) is 0 Å². The Balaban J connectivity index is 0. The van der Waals surface area contributed by atoms with Crippen LogP contribution in [0.2, 0.25) is 0 Å². The molecule has 0 aromatic heterocycles. The van der Waals surface area contributed by atoms with Crippen LogP contribution in [0, 0.1) is 0 Å². The average Bonchev–Trinajstić information content (AvgIpc) is 2.51. The topological polar surface area (TPSA) is 141 Å². The molecule has 1 aromatic carbocycles. The summed E-state index contributed by atoms with van der Waals surface area (Å²) >= 11 is 0. The van der Waals surface area contributed by atoms with E-state index in [2.05, 4.69) is 0 Å². The predicted octanol–water partition coefficient (Wildman–Crippen LogP) is -8.41. The van der Waals surface area contributed by atoms with E-state index in [9.17, 15) is 34.8 Å². The fraction of sp³-hybridized carbons (Fsp3) is 0.438. The number of amides is 1. The van der Waals surface area contributed by atoms with Crippen molar-refractivity contribution in [1.29, 1.82) is 0 Å². The molecule has 1 aromatic rings. The second-order valence-electron chi connectivity index (χ2n) is 5.64. The molecular formula is C16H19NNa2O7. The molecule has 0 saturated carbocycles. The second-order valence-corrected chi connectivity index (χ2v) is 5.64. The first-order chi connectivity index (χ1) is 11.1. The van der Waals surface area contributed by atoms with Crippen LogP contribution in [0.25, 0.3) is 0 Å². The van der Waals surface area contributed by atoms with Crippen molar-refractivity contribution in [2.75, 3.05) is 7.05 Å². The van der Waals surface area contributed by atoms with E-state index in [0.29, 0.717) is 5.56 Å². The van der Waals surface area contributed by atoms with Crippen LogP contribution >= 0.6 is 0 Å². The summed E-state index contributed by atoms with van der Waals surface area (Å²) in [6.45, 7) is 1.48. The molecule has 132 valence electrons. The maximum atomic E-state index is 12.4. The van der Waals surface area contributed by atoms with E-state index in [-0.39, 0.29) is 59.1 Å². The summed E-state index contributed by atoms with van der Waals surface area (Å²) in [6.07, 6.45) is -3.51. The third-order valence-corrected chi connectivity index (χ3v) is 3.80. The van der Waals surface area contributed by atoms with E-state index in [0.717, 1.165) is 4.90 Å². The molecule has 10 heteroatoms. The minimum Gasteiger partial charge on any atom is -0.550 e. The standard InChI is InChI=1S/C16H21NO7.2Na/c1-10(14(22)11-6-4-3-5-7-11)17(2)15(23)16(24,8-12(18)19)9-13(20)21;;/h3-7,10,14,22,24H,8-9H2,1-2H3,(H,18,19)(H,20,21);;/q;2*+1/p-2/t10-,14+;;/m0../s1. The summed E-state index contributed by atoms with van der Waals surface area (Å²) in [6, 6.07) is 7.54. The number of carboxylic acids is 2. The predicted molar refractivity (Wildman–Crippen MR) is 77.8 cm³/mol. The van der Waals surface area contributed by atoms with Gasteiger partial charge in [-0.2, -0.15) is 0 Å². The molecule has 2 atom stereocenters. The smallest absolute Gasteiger partial charge is 0.550 e. The van der Waals surface area contributed by atoms with Gasteiger partial charge in [-0.05, 0) is 12.5 Å². The summed E-state index contributed by atoms with van der Waals surface area (Å²) in [7, 11) is 1.23. The third kappa shape index (κ3) is 7.66. The summed E-state index contributed by atoms with van der Waals surface area (Å²) in [5.74, 6) is -4.72. The van der Waals surface area contributed by atoms with Crippen LogP contribution in [0.5, 0.6) is 0 Å². The van der Waals surface area contributed by atoms with Crippen LogP contribution in [0.3, 0.4) is 0 Å². The SMILES string of the molecule is C[C@@H]([C@@H](O)c1ccccc1)N(C)C(=O)C(O)(CC(=O)[O-])CC(=O)[O-].[Na+].[Na+]. The summed E-state index contributed by atoms with van der Waals surface area (Å²) in [5, 5.41) is 42.0. The molecule has 0 heterocycles. The van der Waals surface area contributed by atoms with Gasteiger partial charge in [0.2, 0.25) is 0 Å². The Labute approximate surface area is 195 Å². The minimum atomic E-state index is -2.71. The van der Waals surface area contributed by atoms with E-state index >= 15 is 0 Å². The molecule has 2 N–H and O–H groups in total. The monoisotopic (exact) mass is 383 g/mol. The second kappa shape index (κ2) is 12.1. The van der Waals surface area contributed by atoms with Crippen LogP contribution in [0.4, 0.5) is 0 Å². The zero-order valence-electron chi connectivity index (χ0n) is 15.3. The number of hydrogen-bond acceptors (Lipinski definition) is 7. The van der Waals surface area contributed by atoms with Crippen molar-refractivity contribution in [3.63, 3.8) is 0 Å². The van der Waals surface area contributed by atoms with Gasteiger partial charge in [-0.25, -0.2) is 0 Å². The van der Waals surface area contributed by atoms with E-state index in [1.54, 1.807) is 30.3 Å². The molecule has 0 saturated heterocycles. The number of aliphatic hydroxyl groups is 2. The molecule has 0 bridgehead atoms. The molecule has 26 heavy (non-hydrogen) atoms. The zero-order valence-corrected chi connectivity index (χ0v) is 19.3. The Morgan fingerprint density at radius 3 is 1.88 bits per heavy atom. The molecule has 0 radical (unpaired) electrons. The number of carboxylic acid groups (broad SMARTS) is 2. The molecule has 0 aliphatic carbocycles. The number of aliphatic carboxylic acids is 2. The zero-order chi connectivity index (χ0) is 18.5. The van der Waals surface area contributed by atoms with Gasteiger partial charge in [-0.1, -0.05) is 30.3 Å². The van der Waals surface area contributed by atoms with Crippen molar-refractivity contribution in [2.45, 2.75) is 37.5 Å². The minimum absolute atomic E-state index is 0. The van der Waals surface area contributed by atoms with Crippen molar-refractivity contribution in [1.82, 2.24) is 4.90 Å². The van der Waals surface area contributed by atoms with Gasteiger partial charge < -0.3 is 34.9 Å². The van der Waals surface area contributed by atoms with E-state index in [4.69, 9.17) is 0 Å². The number of likely N-dealkylation sites (N-methyl/N-ethyl adjacent to an activating group) is 1. The fourth-order valence-corrected chi connectivity index (χ4v) is 2.35. The number of aliphatic hydroxyl groups excluding tert-OH is 1. The molecular weight excluding hydrogens is 364 g/mol. The Morgan fingerprint density at radius 1 is 1.08 bits per heavy atom. The van der Waals surface area contributed by atoms with Crippen molar-refractivity contribution in [3.05, 3.63) is 35.9 Å². The summed E-state index contributed by atoms with van der Waals surface area (Å²) < 4.78 is 0. The Bertz CT molecular complexity index is 596. The fourth-order valence-electron chi connectivity index (χ4n) is 2.35. The van der Waals surface area contributed by atoms with E-state index < -0.39 is 48.4 Å². The van der Waals surface area contributed by atoms with Gasteiger partial charge in [0, 0.05) is 31.8 Å². The number of rotatable bonds is 8. The molecule has 0 unspecified atom stereocenters. The summed E-state index contributed by atoms with van der Waals surface area (Å²) in [5.41, 5.74) is -2.20. The molecule has 0 spiro atoms. The normalized spacial score (nSPS) is 12.8. The van der Waals surface area contributed by atoms with Crippen molar-refractivity contribution < 1.29 is 93.9 Å². The third-order valence-electron chi connectivity index (χ3n) is 3.80. The molecule has 0 fully saturated rings. The maximum absolute atomic E-state index is 12.4. The first-order valence-corrected chi connectivity index (χ1v) is 7.21. The first kappa shape index (κ1) is 27.8. The molecule has 1 rings (SSSR count). The average molecular weight is 383 g/mol. The van der Waals surface area contributed by atoms with Crippen LogP contribution in [0.15, 0.2) is 30.3 Å². The van der Waals surface area contributed by atoms with Gasteiger partial charge in [0.25, 0.3) is 5.91 Å². The molecule has 0 aliphatic heterocycles. The van der Waals surface area contributed by atoms with Crippen molar-refractivity contribution >= 4 is 17.8 Å². The number of hydrogen-bond donors (Lipinski definition) is 2. The maximum Gasteiger partial charge on any atom is 1.00 e. The van der Waals surface area contributed by atoms with Crippen LogP contribution in [-0.2, 0) is 14.4 Å². The molecule has 8 nitrogen and oxygen atoms in total. The quantitative estimate of drug-likeness (QED) is 0.425. The van der Waals surface area contributed by atoms with Crippen molar-refractivity contribution in [2.24, 2.45) is 0 Å². The van der Waals surface area contributed by atoms with Gasteiger partial charge in [-0.3, -0.25) is 4.79 Å². The van der Waals surface area contributed by atoms with E-state index in [1.165, 1.54) is 14.0 Å².